The summed E-state index contributed by atoms with van der Waals surface area (Å²) in [7, 11) is 5.68. The fourth-order valence-electron chi connectivity index (χ4n) is 3.67. The second-order valence-electron chi connectivity index (χ2n) is 7.89. The van der Waals surface area contributed by atoms with Crippen molar-refractivity contribution in [3.05, 3.63) is 53.7 Å². The van der Waals surface area contributed by atoms with Crippen LogP contribution in [0.1, 0.15) is 24.2 Å². The highest BCUT2D eigenvalue weighted by Crippen LogP contribution is 2.23. The van der Waals surface area contributed by atoms with Crippen LogP contribution >= 0.6 is 0 Å². The minimum Gasteiger partial charge on any atom is -0.497 e. The van der Waals surface area contributed by atoms with Crippen LogP contribution in [0.5, 0.6) is 5.75 Å². The summed E-state index contributed by atoms with van der Waals surface area (Å²) < 4.78 is 10.9. The zero-order valence-corrected chi connectivity index (χ0v) is 19.7. The van der Waals surface area contributed by atoms with E-state index in [1.165, 1.54) is 5.56 Å². The number of rotatable bonds is 9. The molecule has 1 aliphatic rings. The summed E-state index contributed by atoms with van der Waals surface area (Å²) >= 11 is 0. The van der Waals surface area contributed by atoms with Crippen molar-refractivity contribution in [2.24, 2.45) is 4.99 Å². The lowest BCUT2D eigenvalue weighted by molar-refractivity contribution is 0.0170. The van der Waals surface area contributed by atoms with Crippen LogP contribution in [0.3, 0.4) is 0 Å². The van der Waals surface area contributed by atoms with Crippen LogP contribution in [0.2, 0.25) is 0 Å². The Morgan fingerprint density at radius 1 is 1.16 bits per heavy atom. The van der Waals surface area contributed by atoms with E-state index in [0.717, 1.165) is 62.6 Å². The van der Waals surface area contributed by atoms with Gasteiger partial charge in [0.1, 0.15) is 11.6 Å². The van der Waals surface area contributed by atoms with Crippen molar-refractivity contribution in [2.75, 3.05) is 65.5 Å². The Morgan fingerprint density at radius 3 is 2.56 bits per heavy atom. The molecule has 8 heteroatoms. The van der Waals surface area contributed by atoms with Gasteiger partial charge in [-0.2, -0.15) is 0 Å². The maximum absolute atomic E-state index is 5.57. The normalized spacial score (nSPS) is 15.8. The van der Waals surface area contributed by atoms with Gasteiger partial charge in [0.05, 0.1) is 38.6 Å². The number of guanidine groups is 1. The second-order valence-corrected chi connectivity index (χ2v) is 7.89. The lowest BCUT2D eigenvalue weighted by Gasteiger charge is -2.35. The number of aliphatic imine (C=N–C) groups is 1. The van der Waals surface area contributed by atoms with Gasteiger partial charge in [-0.3, -0.25) is 4.90 Å². The average Bonchev–Trinajstić information content (AvgIpc) is 2.83. The minimum absolute atomic E-state index is 0.212. The Bertz CT molecular complexity index is 850. The second kappa shape index (κ2) is 12.3. The van der Waals surface area contributed by atoms with Gasteiger partial charge in [0.2, 0.25) is 0 Å². The van der Waals surface area contributed by atoms with Gasteiger partial charge in [0, 0.05) is 40.3 Å². The molecule has 0 saturated carbocycles. The topological polar surface area (TPSA) is 74.2 Å². The molecular formula is C24H36N6O2. The van der Waals surface area contributed by atoms with Gasteiger partial charge in [0.15, 0.2) is 5.96 Å². The Hall–Kier alpha value is -2.84. The fraction of sp³-hybridized carbons (Fsp3) is 0.500. The first-order valence-corrected chi connectivity index (χ1v) is 11.2. The number of methoxy groups -OCH3 is 1. The molecule has 0 bridgehead atoms. The zero-order valence-electron chi connectivity index (χ0n) is 19.7. The molecular weight excluding hydrogens is 404 g/mol. The van der Waals surface area contributed by atoms with Crippen molar-refractivity contribution in [3.8, 4) is 5.75 Å². The molecule has 1 aromatic carbocycles. The molecule has 0 amide bonds. The quantitative estimate of drug-likeness (QED) is 0.458. The average molecular weight is 441 g/mol. The summed E-state index contributed by atoms with van der Waals surface area (Å²) in [4.78, 5) is 13.9. The molecule has 1 fully saturated rings. The van der Waals surface area contributed by atoms with Gasteiger partial charge in [-0.1, -0.05) is 18.2 Å². The Balaban J connectivity index is 1.71. The lowest BCUT2D eigenvalue weighted by atomic mass is 10.0. The summed E-state index contributed by atoms with van der Waals surface area (Å²) in [5, 5.41) is 6.90. The molecule has 1 unspecified atom stereocenters. The highest BCUT2D eigenvalue weighted by atomic mass is 16.5. The summed E-state index contributed by atoms with van der Waals surface area (Å²) in [5.41, 5.74) is 2.18. The maximum Gasteiger partial charge on any atom is 0.191 e. The minimum atomic E-state index is 0.212. The van der Waals surface area contributed by atoms with Gasteiger partial charge in [0.25, 0.3) is 0 Å². The van der Waals surface area contributed by atoms with E-state index < -0.39 is 0 Å². The van der Waals surface area contributed by atoms with Crippen molar-refractivity contribution >= 4 is 11.8 Å². The van der Waals surface area contributed by atoms with Gasteiger partial charge < -0.3 is 25.0 Å². The van der Waals surface area contributed by atoms with Crippen molar-refractivity contribution in [1.82, 2.24) is 20.5 Å². The monoisotopic (exact) mass is 440 g/mol. The molecule has 0 spiro atoms. The highest BCUT2D eigenvalue weighted by molar-refractivity contribution is 5.79. The highest BCUT2D eigenvalue weighted by Gasteiger charge is 2.23. The standard InChI is InChI=1S/C24H36N6O2/c1-5-25-24(26-17-20-7-6-8-23(28-20)29(2)3)27-18-22(30-13-15-32-16-14-30)19-9-11-21(31-4)12-10-19/h6-12,22H,5,13-18H2,1-4H3,(H2,25,26,27). The molecule has 2 aromatic rings. The largest absolute Gasteiger partial charge is 0.497 e. The summed E-state index contributed by atoms with van der Waals surface area (Å²) in [6, 6.07) is 14.6. The maximum atomic E-state index is 5.57. The lowest BCUT2D eigenvalue weighted by Crippen LogP contribution is -2.46. The molecule has 2 heterocycles. The van der Waals surface area contributed by atoms with Gasteiger partial charge in [-0.05, 0) is 36.8 Å². The van der Waals surface area contributed by atoms with E-state index in [0.29, 0.717) is 6.54 Å². The van der Waals surface area contributed by atoms with E-state index >= 15 is 0 Å². The van der Waals surface area contributed by atoms with E-state index in [2.05, 4.69) is 39.6 Å². The fourth-order valence-corrected chi connectivity index (χ4v) is 3.67. The van der Waals surface area contributed by atoms with Crippen molar-refractivity contribution < 1.29 is 9.47 Å². The number of hydrogen-bond donors (Lipinski definition) is 2. The van der Waals surface area contributed by atoms with Crippen molar-refractivity contribution in [2.45, 2.75) is 19.5 Å². The number of aromatic nitrogens is 1. The Kier molecular flexibility index (Phi) is 9.13. The van der Waals surface area contributed by atoms with Gasteiger partial charge >= 0.3 is 0 Å². The molecule has 2 N–H and O–H groups in total. The number of nitrogens with one attached hydrogen (secondary N) is 2. The number of ether oxygens (including phenoxy) is 2. The molecule has 1 aliphatic heterocycles. The first-order valence-electron chi connectivity index (χ1n) is 11.2. The van der Waals surface area contributed by atoms with Crippen LogP contribution in [0, 0.1) is 0 Å². The van der Waals surface area contributed by atoms with Crippen LogP contribution in [0.25, 0.3) is 0 Å². The summed E-state index contributed by atoms with van der Waals surface area (Å²) in [5.74, 6) is 2.59. The third-order valence-corrected chi connectivity index (χ3v) is 5.44. The molecule has 32 heavy (non-hydrogen) atoms. The van der Waals surface area contributed by atoms with Gasteiger partial charge in [-0.25, -0.2) is 9.98 Å². The molecule has 1 aromatic heterocycles. The number of hydrogen-bond acceptors (Lipinski definition) is 6. The van der Waals surface area contributed by atoms with E-state index in [9.17, 15) is 0 Å². The van der Waals surface area contributed by atoms with Crippen LogP contribution < -0.4 is 20.3 Å². The van der Waals surface area contributed by atoms with E-state index in [1.807, 2.05) is 49.3 Å². The SMILES string of the molecule is CCNC(=NCc1cccc(N(C)C)n1)NCC(c1ccc(OC)cc1)N1CCOCC1. The van der Waals surface area contributed by atoms with Crippen LogP contribution in [0.15, 0.2) is 47.5 Å². The predicted octanol–water partition coefficient (Wildman–Crippen LogP) is 2.28. The summed E-state index contributed by atoms with van der Waals surface area (Å²) in [6.45, 7) is 7.46. The molecule has 174 valence electrons. The van der Waals surface area contributed by atoms with E-state index in [1.54, 1.807) is 7.11 Å². The number of benzene rings is 1. The number of anilines is 1. The smallest absolute Gasteiger partial charge is 0.191 e. The number of pyridine rings is 1. The van der Waals surface area contributed by atoms with Crippen molar-refractivity contribution in [1.29, 1.82) is 0 Å². The first kappa shape index (κ1) is 23.8. The Morgan fingerprint density at radius 2 is 1.91 bits per heavy atom. The Labute approximate surface area is 191 Å². The molecule has 3 rings (SSSR count). The molecule has 0 aliphatic carbocycles. The predicted molar refractivity (Wildman–Crippen MR) is 130 cm³/mol. The number of nitrogens with zero attached hydrogens (tertiary/aromatic N) is 4. The molecule has 0 radical (unpaired) electrons. The zero-order chi connectivity index (χ0) is 22.8. The van der Waals surface area contributed by atoms with Crippen LogP contribution in [0.4, 0.5) is 5.82 Å². The summed E-state index contributed by atoms with van der Waals surface area (Å²) in [6.07, 6.45) is 0. The molecule has 1 atom stereocenters. The number of morpholine rings is 1. The molecule has 8 nitrogen and oxygen atoms in total. The van der Waals surface area contributed by atoms with E-state index in [4.69, 9.17) is 14.5 Å². The third-order valence-electron chi connectivity index (χ3n) is 5.44. The van der Waals surface area contributed by atoms with Crippen LogP contribution in [-0.2, 0) is 11.3 Å². The van der Waals surface area contributed by atoms with Crippen molar-refractivity contribution in [3.63, 3.8) is 0 Å². The first-order chi connectivity index (χ1) is 15.6. The van der Waals surface area contributed by atoms with Crippen LogP contribution in [-0.4, -0.2) is 76.4 Å². The van der Waals surface area contributed by atoms with Gasteiger partial charge in [-0.15, -0.1) is 0 Å². The third kappa shape index (κ3) is 6.83. The molecule has 1 saturated heterocycles. The van der Waals surface area contributed by atoms with E-state index in [-0.39, 0.29) is 6.04 Å².